The van der Waals surface area contributed by atoms with Crippen LogP contribution >= 0.6 is 0 Å². The van der Waals surface area contributed by atoms with Crippen LogP contribution in [0.2, 0.25) is 0 Å². The first-order valence-electron chi connectivity index (χ1n) is 24.7. The molecule has 69 heavy (non-hydrogen) atoms. The first-order chi connectivity index (χ1) is 32.7. The van der Waals surface area contributed by atoms with Crippen molar-refractivity contribution in [2.45, 2.75) is 128 Å². The number of carbonyl (C=O) groups is 3. The number of H-pyrrole nitrogens is 1. The van der Waals surface area contributed by atoms with Crippen LogP contribution in [0, 0.1) is 10.8 Å². The van der Waals surface area contributed by atoms with Gasteiger partial charge in [0.15, 0.2) is 5.65 Å². The molecule has 3 aliphatic heterocycles. The third-order valence-corrected chi connectivity index (χ3v) is 14.4. The summed E-state index contributed by atoms with van der Waals surface area (Å²) in [7, 11) is 0. The second kappa shape index (κ2) is 21.2. The first kappa shape index (κ1) is 51.3. The first-order valence-corrected chi connectivity index (χ1v) is 24.7. The van der Waals surface area contributed by atoms with Gasteiger partial charge in [0.05, 0.1) is 40.3 Å². The maximum Gasteiger partial charge on any atom is 0.255 e. The van der Waals surface area contributed by atoms with E-state index in [1.807, 2.05) is 133 Å². The number of amides is 3. The molecule has 3 amide bonds. The highest BCUT2D eigenvalue weighted by Gasteiger charge is 2.42. The summed E-state index contributed by atoms with van der Waals surface area (Å²) in [5.41, 5.74) is 8.20. The fourth-order valence-electron chi connectivity index (χ4n) is 9.41. The van der Waals surface area contributed by atoms with Gasteiger partial charge in [-0.15, -0.1) is 0 Å². The van der Waals surface area contributed by atoms with Crippen molar-refractivity contribution in [1.82, 2.24) is 35.4 Å². The Bertz CT molecular complexity index is 2480. The van der Waals surface area contributed by atoms with Gasteiger partial charge in [-0.1, -0.05) is 133 Å². The van der Waals surface area contributed by atoms with E-state index in [0.717, 1.165) is 61.2 Å². The highest BCUT2D eigenvalue weighted by molar-refractivity contribution is 6.06. The van der Waals surface area contributed by atoms with Crippen LogP contribution in [0.25, 0.3) is 11.2 Å². The molecule has 2 atom stereocenters. The summed E-state index contributed by atoms with van der Waals surface area (Å²) in [6.45, 7) is 15.5. The molecule has 4 fully saturated rings. The van der Waals surface area contributed by atoms with Crippen molar-refractivity contribution >= 4 is 28.9 Å². The van der Waals surface area contributed by atoms with Gasteiger partial charge in [-0.05, 0) is 92.0 Å². The number of piperidine rings is 3. The zero-order valence-corrected chi connectivity index (χ0v) is 41.4. The van der Waals surface area contributed by atoms with Crippen molar-refractivity contribution in [1.29, 1.82) is 0 Å². The number of benzene rings is 3. The number of rotatable bonds is 8. The molecule has 5 heterocycles. The third-order valence-electron chi connectivity index (χ3n) is 14.4. The van der Waals surface area contributed by atoms with Gasteiger partial charge in [0.1, 0.15) is 11.6 Å². The zero-order chi connectivity index (χ0) is 49.6. The van der Waals surface area contributed by atoms with Gasteiger partial charge in [-0.3, -0.25) is 14.4 Å². The van der Waals surface area contributed by atoms with E-state index >= 15 is 0 Å². The Balaban J connectivity index is 0.000000174. The van der Waals surface area contributed by atoms with Crippen molar-refractivity contribution in [3.05, 3.63) is 131 Å². The van der Waals surface area contributed by atoms with E-state index in [2.05, 4.69) is 25.6 Å². The SMILES string of the molecule is CC(C)(C)[C@@H](N)C(=O)N1CCC(O)(c2ccccc2)CC1.CC(C)(C)[C@@H](NC(=O)c1c[nH]c2ncc(C3CC3)nc12)C(=O)N1CCC(O)(c2ccccc2)CC1.OC1(c2ccccc2)CCNCC1. The second-order valence-corrected chi connectivity index (χ2v) is 21.7. The highest BCUT2D eigenvalue weighted by Crippen LogP contribution is 2.40. The van der Waals surface area contributed by atoms with Crippen LogP contribution in [-0.4, -0.2) is 109 Å². The fraction of sp³-hybridized carbons (Fsp3) is 0.509. The van der Waals surface area contributed by atoms with E-state index in [1.54, 1.807) is 22.2 Å². The summed E-state index contributed by atoms with van der Waals surface area (Å²) in [6.07, 6.45) is 9.23. The van der Waals surface area contributed by atoms with E-state index in [-0.39, 0.29) is 23.1 Å². The molecule has 0 spiro atoms. The lowest BCUT2D eigenvalue weighted by Crippen LogP contribution is -2.57. The third kappa shape index (κ3) is 12.5. The molecule has 5 aromatic rings. The Morgan fingerprint density at radius 1 is 0.667 bits per heavy atom. The average molecular weight is 943 g/mol. The van der Waals surface area contributed by atoms with Gasteiger partial charge in [0.2, 0.25) is 11.8 Å². The van der Waals surface area contributed by atoms with Crippen molar-refractivity contribution in [2.75, 3.05) is 39.3 Å². The maximum atomic E-state index is 13.6. The topological polar surface area (TPSA) is 210 Å². The van der Waals surface area contributed by atoms with E-state index in [0.29, 0.717) is 74.5 Å². The summed E-state index contributed by atoms with van der Waals surface area (Å²) in [4.78, 5) is 55.0. The highest BCUT2D eigenvalue weighted by atomic mass is 16.3. The Morgan fingerprint density at radius 2 is 1.10 bits per heavy atom. The minimum absolute atomic E-state index is 0.0161. The number of nitrogens with two attached hydrogens (primary N) is 1. The normalized spacial score (nSPS) is 19.7. The number of aromatic nitrogens is 3. The van der Waals surface area contributed by atoms with Crippen LogP contribution in [0.15, 0.2) is 103 Å². The minimum atomic E-state index is -0.944. The van der Waals surface area contributed by atoms with Crippen molar-refractivity contribution < 1.29 is 29.7 Å². The molecule has 2 aromatic heterocycles. The minimum Gasteiger partial charge on any atom is -0.385 e. The van der Waals surface area contributed by atoms with Gasteiger partial charge in [-0.2, -0.15) is 0 Å². The second-order valence-electron chi connectivity index (χ2n) is 21.7. The number of hydrogen-bond acceptors (Lipinski definition) is 10. The molecular formula is C55H74N8O6. The summed E-state index contributed by atoms with van der Waals surface area (Å²) < 4.78 is 0. The molecule has 8 N–H and O–H groups in total. The van der Waals surface area contributed by atoms with Gasteiger partial charge in [0.25, 0.3) is 5.91 Å². The molecule has 0 bridgehead atoms. The average Bonchev–Trinajstić information content (AvgIpc) is 4.12. The number of aliphatic hydroxyl groups is 3. The molecule has 370 valence electrons. The molecule has 1 aliphatic carbocycles. The predicted molar refractivity (Wildman–Crippen MR) is 269 cm³/mol. The molecule has 14 nitrogen and oxygen atoms in total. The quantitative estimate of drug-likeness (QED) is 0.0885. The molecule has 0 radical (unpaired) electrons. The standard InChI is InChI=1S/C27H33N5O3.C17H26N2O2.C11H15NO/c1-26(2,3)22(25(34)32-13-11-27(35,12-14-32)18-7-5-4-6-8-18)31-24(33)19-15-28-23-21(19)30-20(16-29-23)17-9-10-17;1-16(2,3)14(18)15(20)19-11-9-17(21,10-12-19)13-7-5-4-6-8-13;13-11(6-8-12-9-7-11)10-4-2-1-3-5-10/h4-8,15-17,22,35H,9-14H2,1-3H3,(H,28,29)(H,31,33);4-8,14,21H,9-12,18H2,1-3H3;1-5,12-13H,6-9H2/t22-;14-;/m00./s1. The van der Waals surface area contributed by atoms with Gasteiger partial charge >= 0.3 is 0 Å². The van der Waals surface area contributed by atoms with Crippen LogP contribution in [0.4, 0.5) is 0 Å². The number of likely N-dealkylation sites (tertiary alicyclic amines) is 2. The summed E-state index contributed by atoms with van der Waals surface area (Å²) >= 11 is 0. The molecular weight excluding hydrogens is 869 g/mol. The van der Waals surface area contributed by atoms with Crippen molar-refractivity contribution in [2.24, 2.45) is 16.6 Å². The van der Waals surface area contributed by atoms with Crippen molar-refractivity contribution in [3.63, 3.8) is 0 Å². The van der Waals surface area contributed by atoms with Gasteiger partial charge in [0, 0.05) is 38.3 Å². The predicted octanol–water partition coefficient (Wildman–Crippen LogP) is 6.62. The van der Waals surface area contributed by atoms with E-state index < -0.39 is 34.3 Å². The molecule has 3 saturated heterocycles. The van der Waals surface area contributed by atoms with E-state index in [1.165, 1.54) is 0 Å². The molecule has 0 unspecified atom stereocenters. The number of hydrogen-bond donors (Lipinski definition) is 7. The molecule has 3 aromatic carbocycles. The Morgan fingerprint density at radius 3 is 1.52 bits per heavy atom. The zero-order valence-electron chi connectivity index (χ0n) is 41.4. The number of aromatic amines is 1. The Labute approximate surface area is 407 Å². The summed E-state index contributed by atoms with van der Waals surface area (Å²) in [5.74, 6) is -0.0667. The number of fused-ring (bicyclic) bond motifs is 1. The van der Waals surface area contributed by atoms with Gasteiger partial charge < -0.3 is 46.5 Å². The summed E-state index contributed by atoms with van der Waals surface area (Å²) in [6, 6.07) is 28.0. The van der Waals surface area contributed by atoms with Crippen LogP contribution in [-0.2, 0) is 26.4 Å². The molecule has 4 aliphatic rings. The van der Waals surface area contributed by atoms with Crippen molar-refractivity contribution in [3.8, 4) is 0 Å². The lowest BCUT2D eigenvalue weighted by molar-refractivity contribution is -0.141. The molecule has 1 saturated carbocycles. The lowest BCUT2D eigenvalue weighted by Gasteiger charge is -2.41. The lowest BCUT2D eigenvalue weighted by atomic mass is 9.82. The summed E-state index contributed by atoms with van der Waals surface area (Å²) in [5, 5.41) is 38.5. The monoisotopic (exact) mass is 943 g/mol. The van der Waals surface area contributed by atoms with Crippen LogP contribution in [0.5, 0.6) is 0 Å². The van der Waals surface area contributed by atoms with Gasteiger partial charge in [-0.25, -0.2) is 9.97 Å². The number of nitrogens with one attached hydrogen (secondary N) is 3. The smallest absolute Gasteiger partial charge is 0.255 e. The van der Waals surface area contributed by atoms with Crippen LogP contribution < -0.4 is 16.4 Å². The Hall–Kier alpha value is -5.51. The molecule has 9 rings (SSSR count). The maximum absolute atomic E-state index is 13.6. The van der Waals surface area contributed by atoms with Crippen LogP contribution in [0.3, 0.4) is 0 Å². The molecule has 14 heteroatoms. The fourth-order valence-corrected chi connectivity index (χ4v) is 9.41. The number of nitrogens with zero attached hydrogens (tertiary/aromatic N) is 4. The Kier molecular flexibility index (Phi) is 15.8. The van der Waals surface area contributed by atoms with E-state index in [4.69, 9.17) is 5.73 Å². The van der Waals surface area contributed by atoms with Crippen LogP contribution in [0.1, 0.15) is 132 Å². The number of carbonyl (C=O) groups excluding carboxylic acids is 3. The largest absolute Gasteiger partial charge is 0.385 e. The van der Waals surface area contributed by atoms with E-state index in [9.17, 15) is 29.7 Å².